The molecule has 1 aliphatic rings. The van der Waals surface area contributed by atoms with Crippen LogP contribution in [0, 0.1) is 10.1 Å². The number of pyridine rings is 1. The third-order valence-corrected chi connectivity index (χ3v) is 3.40. The quantitative estimate of drug-likeness (QED) is 0.673. The topological polar surface area (TPSA) is 77.3 Å². The van der Waals surface area contributed by atoms with Gasteiger partial charge in [-0.2, -0.15) is 0 Å². The molecule has 0 aromatic carbocycles. The summed E-state index contributed by atoms with van der Waals surface area (Å²) in [4.78, 5) is 14.0. The van der Waals surface area contributed by atoms with Gasteiger partial charge in [0, 0.05) is 13.2 Å². The molecule has 0 saturated heterocycles. The second-order valence-electron chi connectivity index (χ2n) is 4.24. The van der Waals surface area contributed by atoms with Crippen LogP contribution in [0.25, 0.3) is 0 Å². The van der Waals surface area contributed by atoms with Crippen molar-refractivity contribution in [3.05, 3.63) is 27.4 Å². The molecule has 0 spiro atoms. The molecule has 2 rings (SSSR count). The predicted octanol–water partition coefficient (Wildman–Crippen LogP) is 2.62. The van der Waals surface area contributed by atoms with Crippen molar-refractivity contribution in [1.82, 2.24) is 4.98 Å². The minimum absolute atomic E-state index is 0.111. The molecule has 0 radical (unpaired) electrons. The van der Waals surface area contributed by atoms with E-state index in [9.17, 15) is 10.1 Å². The summed E-state index contributed by atoms with van der Waals surface area (Å²) in [5.41, 5.74) is -0.111. The van der Waals surface area contributed by atoms with Crippen LogP contribution in [0.2, 0.25) is 5.02 Å². The number of rotatable bonds is 4. The number of aromatic nitrogens is 1. The lowest BCUT2D eigenvalue weighted by Crippen LogP contribution is -2.30. The Morgan fingerprint density at radius 2 is 2.39 bits per heavy atom. The van der Waals surface area contributed by atoms with Gasteiger partial charge in [-0.05, 0) is 19.3 Å². The van der Waals surface area contributed by atoms with Gasteiger partial charge in [0.15, 0.2) is 0 Å². The molecule has 1 aliphatic carbocycles. The van der Waals surface area contributed by atoms with Crippen LogP contribution < -0.4 is 5.32 Å². The van der Waals surface area contributed by atoms with Gasteiger partial charge in [0.05, 0.1) is 22.1 Å². The molecule has 2 atom stereocenters. The maximum Gasteiger partial charge on any atom is 0.289 e. The molecule has 18 heavy (non-hydrogen) atoms. The Bertz CT molecular complexity index is 455. The molecule has 1 saturated carbocycles. The first kappa shape index (κ1) is 13.0. The maximum atomic E-state index is 10.6. The summed E-state index contributed by atoms with van der Waals surface area (Å²) < 4.78 is 5.36. The second-order valence-corrected chi connectivity index (χ2v) is 4.64. The second kappa shape index (κ2) is 5.49. The molecular formula is C11H14ClN3O3. The van der Waals surface area contributed by atoms with E-state index < -0.39 is 4.92 Å². The number of methoxy groups -OCH3 is 1. The predicted molar refractivity (Wildman–Crippen MR) is 68.0 cm³/mol. The van der Waals surface area contributed by atoms with E-state index in [0.29, 0.717) is 5.82 Å². The fraction of sp³-hybridized carbons (Fsp3) is 0.545. The largest absolute Gasteiger partial charge is 0.379 e. The third-order valence-electron chi connectivity index (χ3n) is 3.11. The average molecular weight is 272 g/mol. The van der Waals surface area contributed by atoms with Gasteiger partial charge in [0.1, 0.15) is 12.0 Å². The Hall–Kier alpha value is -1.40. The Labute approximate surface area is 109 Å². The van der Waals surface area contributed by atoms with Crippen LogP contribution in [0.4, 0.5) is 11.5 Å². The Kier molecular flexibility index (Phi) is 3.98. The van der Waals surface area contributed by atoms with Gasteiger partial charge in [-0.15, -0.1) is 0 Å². The van der Waals surface area contributed by atoms with Gasteiger partial charge in [-0.3, -0.25) is 10.1 Å². The van der Waals surface area contributed by atoms with Crippen LogP contribution >= 0.6 is 11.6 Å². The number of hydrogen-bond acceptors (Lipinski definition) is 5. The number of nitrogens with zero attached hydrogens (tertiary/aromatic N) is 2. The van der Waals surface area contributed by atoms with Crippen LogP contribution in [-0.4, -0.2) is 29.2 Å². The number of nitrogens with one attached hydrogen (secondary N) is 1. The molecular weight excluding hydrogens is 258 g/mol. The van der Waals surface area contributed by atoms with E-state index in [-0.39, 0.29) is 22.9 Å². The van der Waals surface area contributed by atoms with E-state index >= 15 is 0 Å². The third kappa shape index (κ3) is 2.70. The summed E-state index contributed by atoms with van der Waals surface area (Å²) in [6, 6.07) is 1.45. The van der Waals surface area contributed by atoms with Crippen LogP contribution in [0.1, 0.15) is 19.3 Å². The first-order valence-electron chi connectivity index (χ1n) is 5.71. The van der Waals surface area contributed by atoms with Crippen molar-refractivity contribution in [1.29, 1.82) is 0 Å². The van der Waals surface area contributed by atoms with Gasteiger partial charge < -0.3 is 10.1 Å². The average Bonchev–Trinajstić information content (AvgIpc) is 2.78. The molecule has 6 nitrogen and oxygen atoms in total. The van der Waals surface area contributed by atoms with Gasteiger partial charge in [0.25, 0.3) is 5.69 Å². The molecule has 98 valence electrons. The van der Waals surface area contributed by atoms with Gasteiger partial charge in [-0.25, -0.2) is 4.98 Å². The minimum atomic E-state index is -0.518. The summed E-state index contributed by atoms with van der Waals surface area (Å²) in [6.45, 7) is 0. The van der Waals surface area contributed by atoms with E-state index in [1.54, 1.807) is 7.11 Å². The zero-order valence-corrected chi connectivity index (χ0v) is 10.7. The SMILES string of the molecule is COC1CCCC1Nc1ncc([N+](=O)[O-])cc1Cl. The molecule has 1 N–H and O–H groups in total. The van der Waals surface area contributed by atoms with Crippen molar-refractivity contribution in [2.24, 2.45) is 0 Å². The molecule has 0 bridgehead atoms. The first-order chi connectivity index (χ1) is 8.61. The van der Waals surface area contributed by atoms with E-state index in [1.807, 2.05) is 0 Å². The first-order valence-corrected chi connectivity index (χ1v) is 6.09. The van der Waals surface area contributed by atoms with Crippen LogP contribution in [0.3, 0.4) is 0 Å². The molecule has 1 aromatic rings. The lowest BCUT2D eigenvalue weighted by Gasteiger charge is -2.20. The summed E-state index contributed by atoms with van der Waals surface area (Å²) in [6.07, 6.45) is 4.40. The zero-order valence-electron chi connectivity index (χ0n) is 9.93. The Morgan fingerprint density at radius 3 is 3.00 bits per heavy atom. The number of hydrogen-bond donors (Lipinski definition) is 1. The zero-order chi connectivity index (χ0) is 13.1. The van der Waals surface area contributed by atoms with Crippen LogP contribution in [-0.2, 0) is 4.74 Å². The molecule has 1 fully saturated rings. The van der Waals surface area contributed by atoms with Crippen LogP contribution in [0.15, 0.2) is 12.3 Å². The molecule has 7 heteroatoms. The summed E-state index contributed by atoms with van der Waals surface area (Å²) in [5, 5.41) is 14.0. The minimum Gasteiger partial charge on any atom is -0.379 e. The lowest BCUT2D eigenvalue weighted by atomic mass is 10.2. The fourth-order valence-corrected chi connectivity index (χ4v) is 2.40. The highest BCUT2D eigenvalue weighted by atomic mass is 35.5. The summed E-state index contributed by atoms with van der Waals surface area (Å²) in [5.74, 6) is 0.469. The number of nitro groups is 1. The van der Waals surface area contributed by atoms with Crippen molar-refractivity contribution in [2.75, 3.05) is 12.4 Å². The van der Waals surface area contributed by atoms with Crippen LogP contribution in [0.5, 0.6) is 0 Å². The molecule has 1 aromatic heterocycles. The van der Waals surface area contributed by atoms with Crippen molar-refractivity contribution >= 4 is 23.1 Å². The smallest absolute Gasteiger partial charge is 0.289 e. The monoisotopic (exact) mass is 271 g/mol. The van der Waals surface area contributed by atoms with E-state index in [1.165, 1.54) is 12.3 Å². The normalized spacial score (nSPS) is 23.0. The Morgan fingerprint density at radius 1 is 1.61 bits per heavy atom. The highest BCUT2D eigenvalue weighted by Gasteiger charge is 2.28. The summed E-state index contributed by atoms with van der Waals surface area (Å²) in [7, 11) is 1.68. The van der Waals surface area contributed by atoms with E-state index in [4.69, 9.17) is 16.3 Å². The number of anilines is 1. The molecule has 0 aliphatic heterocycles. The van der Waals surface area contributed by atoms with Crippen molar-refractivity contribution < 1.29 is 9.66 Å². The molecule has 1 heterocycles. The number of halogens is 1. The van der Waals surface area contributed by atoms with Crippen molar-refractivity contribution in [3.63, 3.8) is 0 Å². The lowest BCUT2D eigenvalue weighted by molar-refractivity contribution is -0.385. The summed E-state index contributed by atoms with van der Waals surface area (Å²) >= 11 is 5.97. The maximum absolute atomic E-state index is 10.6. The van der Waals surface area contributed by atoms with Gasteiger partial charge in [-0.1, -0.05) is 11.6 Å². The van der Waals surface area contributed by atoms with E-state index in [2.05, 4.69) is 10.3 Å². The van der Waals surface area contributed by atoms with Gasteiger partial charge >= 0.3 is 0 Å². The highest BCUT2D eigenvalue weighted by Crippen LogP contribution is 2.29. The van der Waals surface area contributed by atoms with E-state index in [0.717, 1.165) is 19.3 Å². The molecule has 0 amide bonds. The van der Waals surface area contributed by atoms with Crippen molar-refractivity contribution in [2.45, 2.75) is 31.4 Å². The standard InChI is InChI=1S/C11H14ClN3O3/c1-18-10-4-2-3-9(10)14-11-8(12)5-7(6-13-11)15(16)17/h5-6,9-10H,2-4H2,1H3,(H,13,14). The highest BCUT2D eigenvalue weighted by molar-refractivity contribution is 6.33. The fourth-order valence-electron chi connectivity index (χ4n) is 2.18. The molecule has 2 unspecified atom stereocenters. The Balaban J connectivity index is 2.12. The van der Waals surface area contributed by atoms with Crippen molar-refractivity contribution in [3.8, 4) is 0 Å². The van der Waals surface area contributed by atoms with Gasteiger partial charge in [0.2, 0.25) is 0 Å². The number of ether oxygens (including phenoxy) is 1.